The zero-order chi connectivity index (χ0) is 17.7. The van der Waals surface area contributed by atoms with E-state index in [0.717, 1.165) is 11.5 Å². The first-order chi connectivity index (χ1) is 11.4. The third kappa shape index (κ3) is 5.27. The van der Waals surface area contributed by atoms with Gasteiger partial charge in [-0.3, -0.25) is 14.5 Å². The molecule has 1 aromatic rings. The van der Waals surface area contributed by atoms with Crippen LogP contribution in [-0.2, 0) is 16.1 Å². The summed E-state index contributed by atoms with van der Waals surface area (Å²) in [6.07, 6.45) is 2.52. The topological polar surface area (TPSA) is 74.6 Å². The van der Waals surface area contributed by atoms with Crippen molar-refractivity contribution in [3.05, 3.63) is 23.7 Å². The first-order valence-electron chi connectivity index (χ1n) is 8.27. The van der Waals surface area contributed by atoms with Crippen molar-refractivity contribution >= 4 is 23.6 Å². The van der Waals surface area contributed by atoms with Crippen molar-refractivity contribution < 1.29 is 14.0 Å². The minimum Gasteiger partial charge on any atom is -0.465 e. The Morgan fingerprint density at radius 1 is 1.42 bits per heavy atom. The Hall–Kier alpha value is -1.47. The Morgan fingerprint density at radius 3 is 2.75 bits per heavy atom. The lowest BCUT2D eigenvalue weighted by molar-refractivity contribution is -0.126. The molecule has 0 bridgehead atoms. The largest absolute Gasteiger partial charge is 0.465 e. The number of rotatable bonds is 7. The SMILES string of the molecule is CSCC(=O)N[C@@H]1C[C@@H](C(=O)NC(C)C)N(Cc2ccc(C)o2)C1. The number of nitrogens with one attached hydrogen (secondary N) is 2. The Bertz CT molecular complexity index is 573. The maximum atomic E-state index is 12.5. The predicted octanol–water partition coefficient (Wildman–Crippen LogP) is 1.53. The maximum absolute atomic E-state index is 12.5. The highest BCUT2D eigenvalue weighted by molar-refractivity contribution is 7.99. The van der Waals surface area contributed by atoms with Crippen LogP contribution in [0, 0.1) is 6.92 Å². The Morgan fingerprint density at radius 2 is 2.17 bits per heavy atom. The summed E-state index contributed by atoms with van der Waals surface area (Å²) in [6.45, 7) is 7.02. The molecule has 0 radical (unpaired) electrons. The molecule has 2 N–H and O–H groups in total. The van der Waals surface area contributed by atoms with E-state index in [0.29, 0.717) is 25.3 Å². The van der Waals surface area contributed by atoms with Crippen LogP contribution in [0.5, 0.6) is 0 Å². The second-order valence-electron chi connectivity index (χ2n) is 6.55. The van der Waals surface area contributed by atoms with Gasteiger partial charge in [0.2, 0.25) is 11.8 Å². The molecule has 0 unspecified atom stereocenters. The van der Waals surface area contributed by atoms with Crippen LogP contribution >= 0.6 is 11.8 Å². The molecule has 0 spiro atoms. The average molecular weight is 353 g/mol. The van der Waals surface area contributed by atoms with Gasteiger partial charge in [0, 0.05) is 18.6 Å². The van der Waals surface area contributed by atoms with Crippen molar-refractivity contribution in [2.45, 2.75) is 51.9 Å². The molecule has 1 aliphatic rings. The summed E-state index contributed by atoms with van der Waals surface area (Å²) in [7, 11) is 0. The van der Waals surface area contributed by atoms with Gasteiger partial charge in [-0.25, -0.2) is 0 Å². The predicted molar refractivity (Wildman–Crippen MR) is 95.9 cm³/mol. The number of nitrogens with zero attached hydrogens (tertiary/aromatic N) is 1. The van der Waals surface area contributed by atoms with E-state index in [1.54, 1.807) is 0 Å². The molecule has 24 heavy (non-hydrogen) atoms. The Balaban J connectivity index is 2.04. The smallest absolute Gasteiger partial charge is 0.237 e. The highest BCUT2D eigenvalue weighted by atomic mass is 32.2. The molecule has 0 aliphatic carbocycles. The molecule has 2 amide bonds. The number of carbonyl (C=O) groups is 2. The van der Waals surface area contributed by atoms with E-state index < -0.39 is 0 Å². The molecule has 134 valence electrons. The van der Waals surface area contributed by atoms with E-state index in [1.807, 2.05) is 39.2 Å². The van der Waals surface area contributed by atoms with Gasteiger partial charge in [-0.1, -0.05) is 0 Å². The zero-order valence-electron chi connectivity index (χ0n) is 14.8. The average Bonchev–Trinajstić information content (AvgIpc) is 3.05. The molecule has 0 aromatic carbocycles. The first-order valence-corrected chi connectivity index (χ1v) is 9.66. The lowest BCUT2D eigenvalue weighted by Crippen LogP contribution is -2.45. The van der Waals surface area contributed by atoms with Crippen molar-refractivity contribution in [2.24, 2.45) is 0 Å². The molecule has 2 heterocycles. The summed E-state index contributed by atoms with van der Waals surface area (Å²) in [5.74, 6) is 2.17. The number of furan rings is 1. The fourth-order valence-electron chi connectivity index (χ4n) is 3.01. The Kier molecular flexibility index (Phi) is 6.74. The van der Waals surface area contributed by atoms with Gasteiger partial charge in [-0.2, -0.15) is 11.8 Å². The Labute approximate surface area is 147 Å². The summed E-state index contributed by atoms with van der Waals surface area (Å²) < 4.78 is 5.65. The standard InChI is InChI=1S/C17H27N3O3S/c1-11(2)18-17(22)15-7-13(19-16(21)10-24-4)8-20(15)9-14-6-5-12(3)23-14/h5-6,11,13,15H,7-10H2,1-4H3,(H,18,22)(H,19,21)/t13-,15+/m1/s1. The van der Waals surface area contributed by atoms with Gasteiger partial charge in [-0.15, -0.1) is 0 Å². The molecule has 1 aliphatic heterocycles. The summed E-state index contributed by atoms with van der Waals surface area (Å²) in [6, 6.07) is 3.69. The lowest BCUT2D eigenvalue weighted by Gasteiger charge is -2.23. The third-order valence-electron chi connectivity index (χ3n) is 3.93. The van der Waals surface area contributed by atoms with Crippen molar-refractivity contribution in [2.75, 3.05) is 18.6 Å². The molecule has 2 rings (SSSR count). The molecule has 2 atom stereocenters. The van der Waals surface area contributed by atoms with Crippen LogP contribution in [0.1, 0.15) is 31.8 Å². The van der Waals surface area contributed by atoms with Crippen molar-refractivity contribution in [3.8, 4) is 0 Å². The van der Waals surface area contributed by atoms with Crippen LogP contribution in [0.3, 0.4) is 0 Å². The number of hydrogen-bond donors (Lipinski definition) is 2. The quantitative estimate of drug-likeness (QED) is 0.778. The van der Waals surface area contributed by atoms with Gasteiger partial charge in [0.25, 0.3) is 0 Å². The number of thioether (sulfide) groups is 1. The monoisotopic (exact) mass is 353 g/mol. The van der Waals surface area contributed by atoms with Gasteiger partial charge < -0.3 is 15.1 Å². The molecule has 1 aromatic heterocycles. The normalized spacial score (nSPS) is 21.2. The molecule has 0 saturated carbocycles. The van der Waals surface area contributed by atoms with Crippen LogP contribution < -0.4 is 10.6 Å². The molecule has 1 fully saturated rings. The minimum absolute atomic E-state index is 0.00916. The number of carbonyl (C=O) groups excluding carboxylic acids is 2. The van der Waals surface area contributed by atoms with Gasteiger partial charge in [-0.05, 0) is 45.6 Å². The van der Waals surface area contributed by atoms with Crippen LogP contribution in [0.15, 0.2) is 16.5 Å². The van der Waals surface area contributed by atoms with Gasteiger partial charge >= 0.3 is 0 Å². The second-order valence-corrected chi connectivity index (χ2v) is 7.42. The minimum atomic E-state index is -0.252. The molecular formula is C17H27N3O3S. The van der Waals surface area contributed by atoms with E-state index in [4.69, 9.17) is 4.42 Å². The highest BCUT2D eigenvalue weighted by Gasteiger charge is 2.37. The van der Waals surface area contributed by atoms with Crippen molar-refractivity contribution in [1.29, 1.82) is 0 Å². The van der Waals surface area contributed by atoms with Crippen LogP contribution in [0.4, 0.5) is 0 Å². The summed E-state index contributed by atoms with van der Waals surface area (Å²) in [5, 5.41) is 6.00. The van der Waals surface area contributed by atoms with E-state index in [-0.39, 0.29) is 29.9 Å². The molecule has 6 nitrogen and oxygen atoms in total. The number of amides is 2. The number of aryl methyl sites for hydroxylation is 1. The van der Waals surface area contributed by atoms with Crippen LogP contribution in [0.2, 0.25) is 0 Å². The van der Waals surface area contributed by atoms with Crippen molar-refractivity contribution in [1.82, 2.24) is 15.5 Å². The molecule has 7 heteroatoms. The highest BCUT2D eigenvalue weighted by Crippen LogP contribution is 2.22. The maximum Gasteiger partial charge on any atom is 0.237 e. The van der Waals surface area contributed by atoms with E-state index in [9.17, 15) is 9.59 Å². The second kappa shape index (κ2) is 8.58. The van der Waals surface area contributed by atoms with Gasteiger partial charge in [0.05, 0.1) is 18.3 Å². The van der Waals surface area contributed by atoms with Crippen molar-refractivity contribution in [3.63, 3.8) is 0 Å². The van der Waals surface area contributed by atoms with Gasteiger partial charge in [0.15, 0.2) is 0 Å². The number of hydrogen-bond acceptors (Lipinski definition) is 5. The summed E-state index contributed by atoms with van der Waals surface area (Å²) in [5.41, 5.74) is 0. The summed E-state index contributed by atoms with van der Waals surface area (Å²) >= 11 is 1.49. The third-order valence-corrected chi connectivity index (χ3v) is 4.48. The fourth-order valence-corrected chi connectivity index (χ4v) is 3.35. The van der Waals surface area contributed by atoms with Gasteiger partial charge in [0.1, 0.15) is 11.5 Å². The van der Waals surface area contributed by atoms with E-state index in [2.05, 4.69) is 15.5 Å². The lowest BCUT2D eigenvalue weighted by atomic mass is 10.1. The van der Waals surface area contributed by atoms with Crippen LogP contribution in [0.25, 0.3) is 0 Å². The number of likely N-dealkylation sites (tertiary alicyclic amines) is 1. The summed E-state index contributed by atoms with van der Waals surface area (Å²) in [4.78, 5) is 26.5. The van der Waals surface area contributed by atoms with E-state index >= 15 is 0 Å². The first kappa shape index (κ1) is 18.9. The van der Waals surface area contributed by atoms with Crippen LogP contribution in [-0.4, -0.2) is 53.4 Å². The molecular weight excluding hydrogens is 326 g/mol. The van der Waals surface area contributed by atoms with E-state index in [1.165, 1.54) is 11.8 Å². The molecule has 1 saturated heterocycles. The zero-order valence-corrected chi connectivity index (χ0v) is 15.6. The fraction of sp³-hybridized carbons (Fsp3) is 0.647.